The molecule has 0 fully saturated rings. The number of aryl methyl sites for hydroxylation is 3. The maximum atomic E-state index is 15.5. The molecule has 0 aromatic heterocycles. The van der Waals surface area contributed by atoms with E-state index in [0.717, 1.165) is 39.7 Å². The second kappa shape index (κ2) is 13.7. The van der Waals surface area contributed by atoms with Gasteiger partial charge in [-0.1, -0.05) is 36.4 Å². The van der Waals surface area contributed by atoms with Crippen LogP contribution in [0.3, 0.4) is 0 Å². The number of benzene rings is 4. The van der Waals surface area contributed by atoms with Crippen molar-refractivity contribution in [1.29, 1.82) is 0 Å². The minimum absolute atomic E-state index is 0.0191. The van der Waals surface area contributed by atoms with Gasteiger partial charge in [0.15, 0.2) is 12.0 Å². The van der Waals surface area contributed by atoms with Gasteiger partial charge in [0, 0.05) is 12.5 Å². The molecule has 0 atom stereocenters. The lowest BCUT2D eigenvalue weighted by atomic mass is 9.94. The number of esters is 1. The van der Waals surface area contributed by atoms with E-state index in [0.29, 0.717) is 5.56 Å². The molecule has 0 saturated heterocycles. The Morgan fingerprint density at radius 2 is 1.63 bits per heavy atom. The molecule has 0 bridgehead atoms. The molecule has 4 rings (SSSR count). The fourth-order valence-electron chi connectivity index (χ4n) is 5.27. The molecule has 0 radical (unpaired) electrons. The number of nitrogens with zero attached hydrogens (tertiary/aromatic N) is 2. The van der Waals surface area contributed by atoms with Crippen molar-refractivity contribution >= 4 is 27.4 Å². The summed E-state index contributed by atoms with van der Waals surface area (Å²) in [6.07, 6.45) is 0.00509. The second-order valence-corrected chi connectivity index (χ2v) is 13.8. The van der Waals surface area contributed by atoms with Crippen molar-refractivity contribution in [2.75, 3.05) is 11.4 Å². The van der Waals surface area contributed by atoms with Gasteiger partial charge in [-0.15, -0.1) is 0 Å². The number of hydrogen-bond acceptors (Lipinski definition) is 7. The highest BCUT2D eigenvalue weighted by molar-refractivity contribution is 7.93. The summed E-state index contributed by atoms with van der Waals surface area (Å²) in [6, 6.07) is 20.2. The van der Waals surface area contributed by atoms with E-state index < -0.39 is 27.4 Å². The third-order valence-electron chi connectivity index (χ3n) is 7.20. The van der Waals surface area contributed by atoms with Gasteiger partial charge in [-0.2, -0.15) is 0 Å². The van der Waals surface area contributed by atoms with Gasteiger partial charge in [0.05, 0.1) is 17.1 Å². The van der Waals surface area contributed by atoms with Gasteiger partial charge >= 0.3 is 11.7 Å². The van der Waals surface area contributed by atoms with E-state index in [2.05, 4.69) is 0 Å². The number of phenols is 1. The molecule has 4 aromatic carbocycles. The van der Waals surface area contributed by atoms with Crippen molar-refractivity contribution in [3.63, 3.8) is 0 Å². The molecule has 0 aliphatic rings. The summed E-state index contributed by atoms with van der Waals surface area (Å²) >= 11 is 0. The first-order valence-corrected chi connectivity index (χ1v) is 16.1. The molecule has 11 heteroatoms. The number of anilines is 1. The Labute approximate surface area is 268 Å². The first-order chi connectivity index (χ1) is 21.6. The van der Waals surface area contributed by atoms with Crippen LogP contribution in [-0.2, 0) is 37.4 Å². The largest absolute Gasteiger partial charge is 0.508 e. The van der Waals surface area contributed by atoms with Gasteiger partial charge in [-0.3, -0.25) is 9.10 Å². The maximum absolute atomic E-state index is 15.5. The Kier molecular flexibility index (Phi) is 10.2. The molecule has 0 unspecified atom stereocenters. The van der Waals surface area contributed by atoms with Gasteiger partial charge < -0.3 is 9.84 Å². The summed E-state index contributed by atoms with van der Waals surface area (Å²) in [5.74, 6) is -1.03. The monoisotopic (exact) mass is 649 g/mol. The van der Waals surface area contributed by atoms with Crippen molar-refractivity contribution in [3.8, 4) is 16.9 Å². The summed E-state index contributed by atoms with van der Waals surface area (Å²) < 4.78 is 50.5. The Morgan fingerprint density at radius 3 is 2.26 bits per heavy atom. The van der Waals surface area contributed by atoms with Crippen LogP contribution in [0.1, 0.15) is 49.4 Å². The molecule has 1 N–H and O–H groups in total. The van der Waals surface area contributed by atoms with E-state index in [4.69, 9.17) is 9.57 Å². The number of rotatable bonds is 11. The van der Waals surface area contributed by atoms with Crippen molar-refractivity contribution in [2.24, 2.45) is 0 Å². The molecule has 9 nitrogen and oxygen atoms in total. The van der Waals surface area contributed by atoms with Gasteiger partial charge in [0.1, 0.15) is 17.2 Å². The molecular formula is C35H38FN2O7S+. The zero-order valence-electron chi connectivity index (χ0n) is 26.7. The topological polar surface area (TPSA) is 113 Å². The number of para-hydroxylation sites is 1. The average molecular weight is 650 g/mol. The number of carbonyl (C=O) groups excluding carboxylic acids is 1. The number of phenolic OH excluding ortho intramolecular Hbond substituents is 1. The summed E-state index contributed by atoms with van der Waals surface area (Å²) in [4.78, 5) is 29.3. The molecular weight excluding hydrogens is 611 g/mol. The summed E-state index contributed by atoms with van der Waals surface area (Å²) in [5, 5.41) is 10.0. The third kappa shape index (κ3) is 7.89. The number of carbonyl (C=O) groups is 1. The molecule has 242 valence electrons. The number of sulfonamides is 1. The fraction of sp³-hybridized carbons (Fsp3) is 0.286. The van der Waals surface area contributed by atoms with E-state index in [-0.39, 0.29) is 51.9 Å². The minimum Gasteiger partial charge on any atom is -0.508 e. The molecule has 4 aromatic rings. The Balaban J connectivity index is 1.78. The van der Waals surface area contributed by atoms with Gasteiger partial charge in [0.25, 0.3) is 14.9 Å². The molecule has 0 saturated carbocycles. The van der Waals surface area contributed by atoms with Crippen LogP contribution in [0.25, 0.3) is 11.1 Å². The predicted octanol–water partition coefficient (Wildman–Crippen LogP) is 7.46. The predicted molar refractivity (Wildman–Crippen MR) is 174 cm³/mol. The van der Waals surface area contributed by atoms with Crippen LogP contribution in [0, 0.1) is 24.6 Å². The Bertz CT molecular complexity index is 1860. The standard InChI is InChI=1S/C35H37FN2O7S/c1-23-18-29(39)19-24(2)34(23)27-11-9-10-25(20-27)22-37(46(42,43)32-13-8-7-12-31(32)38(41)44-6)28-16-14-26(30(36)21-28)15-17-33(40)45-35(3,4)5/h7-14,16,18-21H,15,17,22H2,1-6H3/p+1. The number of halogens is 1. The zero-order valence-corrected chi connectivity index (χ0v) is 27.5. The van der Waals surface area contributed by atoms with Gasteiger partial charge in [-0.05, 0) is 111 Å². The Morgan fingerprint density at radius 1 is 0.957 bits per heavy atom. The Hall–Kier alpha value is -4.77. The van der Waals surface area contributed by atoms with Crippen molar-refractivity contribution in [3.05, 3.63) is 112 Å². The van der Waals surface area contributed by atoms with Crippen molar-refractivity contribution in [2.45, 2.75) is 64.5 Å². The van der Waals surface area contributed by atoms with Crippen molar-refractivity contribution in [1.82, 2.24) is 0 Å². The fourth-order valence-corrected chi connectivity index (χ4v) is 6.87. The smallest absolute Gasteiger partial charge is 0.337 e. The van der Waals surface area contributed by atoms with E-state index in [1.807, 2.05) is 26.0 Å². The molecule has 0 spiro atoms. The van der Waals surface area contributed by atoms with Crippen LogP contribution in [0.5, 0.6) is 5.75 Å². The lowest BCUT2D eigenvalue weighted by Gasteiger charge is -2.25. The highest BCUT2D eigenvalue weighted by Crippen LogP contribution is 2.35. The molecule has 0 amide bonds. The lowest BCUT2D eigenvalue weighted by Crippen LogP contribution is -2.31. The number of hydrogen-bond donors (Lipinski definition) is 1. The zero-order chi connectivity index (χ0) is 33.8. The summed E-state index contributed by atoms with van der Waals surface area (Å²) in [7, 11) is -3.35. The number of aromatic hydroxyl groups is 1. The van der Waals surface area contributed by atoms with Crippen LogP contribution < -0.4 is 4.31 Å². The highest BCUT2D eigenvalue weighted by Gasteiger charge is 2.35. The number of ether oxygens (including phenoxy) is 1. The molecule has 0 heterocycles. The molecule has 0 aliphatic carbocycles. The van der Waals surface area contributed by atoms with E-state index >= 15 is 4.39 Å². The average Bonchev–Trinajstić information content (AvgIpc) is 2.97. The van der Waals surface area contributed by atoms with Crippen LogP contribution in [-0.4, -0.2) is 37.1 Å². The van der Waals surface area contributed by atoms with Crippen LogP contribution >= 0.6 is 0 Å². The van der Waals surface area contributed by atoms with Crippen molar-refractivity contribution < 1.29 is 37.2 Å². The highest BCUT2D eigenvalue weighted by atomic mass is 32.2. The first-order valence-electron chi connectivity index (χ1n) is 14.6. The van der Waals surface area contributed by atoms with E-state index in [1.165, 1.54) is 36.4 Å². The summed E-state index contributed by atoms with van der Waals surface area (Å²) in [6.45, 7) is 8.78. The lowest BCUT2D eigenvalue weighted by molar-refractivity contribution is -0.738. The second-order valence-electron chi connectivity index (χ2n) is 11.9. The van der Waals surface area contributed by atoms with E-state index in [9.17, 15) is 23.2 Å². The summed E-state index contributed by atoms with van der Waals surface area (Å²) in [5.41, 5.74) is 3.28. The van der Waals surface area contributed by atoms with Gasteiger partial charge in [-0.25, -0.2) is 17.6 Å². The van der Waals surface area contributed by atoms with Gasteiger partial charge in [0.2, 0.25) is 0 Å². The molecule has 46 heavy (non-hydrogen) atoms. The third-order valence-corrected chi connectivity index (χ3v) is 9.02. The van der Waals surface area contributed by atoms with Crippen LogP contribution in [0.15, 0.2) is 83.8 Å². The maximum Gasteiger partial charge on any atom is 0.337 e. The quantitative estimate of drug-likeness (QED) is 0.133. The van der Waals surface area contributed by atoms with Crippen LogP contribution in [0.4, 0.5) is 15.8 Å². The minimum atomic E-state index is -4.48. The molecule has 0 aliphatic heterocycles. The SMILES string of the molecule is CO[N+](=O)c1ccccc1S(=O)(=O)N(Cc1cccc(-c2c(C)cc(O)cc2C)c1)c1ccc(CCC(=O)OC(C)(C)C)c(F)c1. The first kappa shape index (κ1) is 34.1. The van der Waals surface area contributed by atoms with Crippen LogP contribution in [0.2, 0.25) is 0 Å². The van der Waals surface area contributed by atoms with E-state index in [1.54, 1.807) is 45.0 Å². The normalized spacial score (nSPS) is 11.6.